The molecule has 1 saturated carbocycles. The van der Waals surface area contributed by atoms with E-state index < -0.39 is 6.10 Å². The fourth-order valence-electron chi connectivity index (χ4n) is 2.91. The molecule has 1 atom stereocenters. The zero-order valence-corrected chi connectivity index (χ0v) is 13.0. The van der Waals surface area contributed by atoms with Gasteiger partial charge in [-0.2, -0.15) is 0 Å². The largest absolute Gasteiger partial charge is 0.388 e. The SMILES string of the molecule is CCC1CCC(C(O)c2cc(Cl)ccc2Br)CC1. The van der Waals surface area contributed by atoms with Crippen LogP contribution in [0.2, 0.25) is 5.02 Å². The van der Waals surface area contributed by atoms with E-state index >= 15 is 0 Å². The number of aliphatic hydroxyl groups is 1. The molecule has 0 amide bonds. The molecule has 0 aromatic heterocycles. The maximum atomic E-state index is 10.5. The van der Waals surface area contributed by atoms with Gasteiger partial charge in [0.25, 0.3) is 0 Å². The third-order valence-corrected chi connectivity index (χ3v) is 5.15. The number of halogens is 2. The summed E-state index contributed by atoms with van der Waals surface area (Å²) in [5, 5.41) is 11.2. The van der Waals surface area contributed by atoms with Crippen LogP contribution in [0.1, 0.15) is 50.7 Å². The molecule has 2 rings (SSSR count). The molecular weight excluding hydrogens is 312 g/mol. The molecule has 0 saturated heterocycles. The van der Waals surface area contributed by atoms with E-state index in [1.54, 1.807) is 0 Å². The molecule has 3 heteroatoms. The van der Waals surface area contributed by atoms with E-state index in [4.69, 9.17) is 11.6 Å². The van der Waals surface area contributed by atoms with Crippen molar-refractivity contribution >= 4 is 27.5 Å². The Morgan fingerprint density at radius 1 is 1.33 bits per heavy atom. The standard InChI is InChI=1S/C15H20BrClO/c1-2-10-3-5-11(6-4-10)15(18)13-9-12(17)7-8-14(13)16/h7-11,15,18H,2-6H2,1H3. The van der Waals surface area contributed by atoms with Gasteiger partial charge in [0.15, 0.2) is 0 Å². The Bertz CT molecular complexity index is 399. The molecule has 100 valence electrons. The number of aliphatic hydroxyl groups excluding tert-OH is 1. The molecule has 1 nitrogen and oxygen atoms in total. The first-order chi connectivity index (χ1) is 8.61. The van der Waals surface area contributed by atoms with Crippen LogP contribution in [0.5, 0.6) is 0 Å². The van der Waals surface area contributed by atoms with Crippen LogP contribution in [0, 0.1) is 11.8 Å². The van der Waals surface area contributed by atoms with Crippen LogP contribution < -0.4 is 0 Å². The zero-order valence-electron chi connectivity index (χ0n) is 10.7. The fourth-order valence-corrected chi connectivity index (χ4v) is 3.57. The molecule has 1 aliphatic carbocycles. The normalized spacial score (nSPS) is 26.0. The summed E-state index contributed by atoms with van der Waals surface area (Å²) in [5.74, 6) is 1.24. The topological polar surface area (TPSA) is 20.2 Å². The third kappa shape index (κ3) is 3.28. The molecule has 0 radical (unpaired) electrons. The number of hydrogen-bond acceptors (Lipinski definition) is 1. The second-order valence-electron chi connectivity index (χ2n) is 5.30. The van der Waals surface area contributed by atoms with Crippen LogP contribution in [0.25, 0.3) is 0 Å². The average Bonchev–Trinajstić information content (AvgIpc) is 2.41. The molecule has 0 spiro atoms. The molecule has 0 bridgehead atoms. The van der Waals surface area contributed by atoms with Crippen LogP contribution >= 0.6 is 27.5 Å². The van der Waals surface area contributed by atoms with Gasteiger partial charge in [0.1, 0.15) is 0 Å². The minimum atomic E-state index is -0.393. The quantitative estimate of drug-likeness (QED) is 0.791. The lowest BCUT2D eigenvalue weighted by Crippen LogP contribution is -2.20. The van der Waals surface area contributed by atoms with Crippen molar-refractivity contribution in [1.29, 1.82) is 0 Å². The lowest BCUT2D eigenvalue weighted by atomic mass is 9.77. The van der Waals surface area contributed by atoms with Gasteiger partial charge in [-0.3, -0.25) is 0 Å². The van der Waals surface area contributed by atoms with Gasteiger partial charge >= 0.3 is 0 Å². The first-order valence-corrected chi connectivity index (χ1v) is 7.92. The van der Waals surface area contributed by atoms with Crippen LogP contribution in [-0.2, 0) is 0 Å². The summed E-state index contributed by atoms with van der Waals surface area (Å²) in [6, 6.07) is 5.64. The lowest BCUT2D eigenvalue weighted by Gasteiger charge is -2.31. The van der Waals surface area contributed by atoms with E-state index in [1.807, 2.05) is 18.2 Å². The highest BCUT2D eigenvalue weighted by atomic mass is 79.9. The summed E-state index contributed by atoms with van der Waals surface area (Å²) >= 11 is 9.52. The van der Waals surface area contributed by atoms with Crippen LogP contribution in [0.3, 0.4) is 0 Å². The van der Waals surface area contributed by atoms with Crippen LogP contribution in [-0.4, -0.2) is 5.11 Å². The van der Waals surface area contributed by atoms with Crippen LogP contribution in [0.4, 0.5) is 0 Å². The van der Waals surface area contributed by atoms with Gasteiger partial charge in [0.2, 0.25) is 0 Å². The Morgan fingerprint density at radius 3 is 2.61 bits per heavy atom. The summed E-state index contributed by atoms with van der Waals surface area (Å²) in [5.41, 5.74) is 0.933. The van der Waals surface area contributed by atoms with E-state index in [1.165, 1.54) is 19.3 Å². The first-order valence-electron chi connectivity index (χ1n) is 6.74. The van der Waals surface area contributed by atoms with Gasteiger partial charge in [-0.05, 0) is 48.4 Å². The number of benzene rings is 1. The highest BCUT2D eigenvalue weighted by Gasteiger charge is 2.27. The fraction of sp³-hybridized carbons (Fsp3) is 0.600. The van der Waals surface area contributed by atoms with Gasteiger partial charge in [-0.1, -0.05) is 53.7 Å². The monoisotopic (exact) mass is 330 g/mol. The number of rotatable bonds is 3. The van der Waals surface area contributed by atoms with E-state index in [0.717, 1.165) is 28.8 Å². The summed E-state index contributed by atoms with van der Waals surface area (Å²) < 4.78 is 0.956. The minimum Gasteiger partial charge on any atom is -0.388 e. The van der Waals surface area contributed by atoms with E-state index in [9.17, 15) is 5.11 Å². The second kappa shape index (κ2) is 6.40. The Morgan fingerprint density at radius 2 is 2.00 bits per heavy atom. The maximum Gasteiger partial charge on any atom is 0.0829 e. The lowest BCUT2D eigenvalue weighted by molar-refractivity contribution is 0.0724. The molecule has 1 aromatic carbocycles. The summed E-state index contributed by atoms with van der Waals surface area (Å²) in [6.07, 6.45) is 5.61. The van der Waals surface area contributed by atoms with Crippen molar-refractivity contribution in [2.75, 3.05) is 0 Å². The summed E-state index contributed by atoms with van der Waals surface area (Å²) in [4.78, 5) is 0. The van der Waals surface area contributed by atoms with E-state index in [-0.39, 0.29) is 0 Å². The van der Waals surface area contributed by atoms with Gasteiger partial charge in [-0.15, -0.1) is 0 Å². The van der Waals surface area contributed by atoms with Gasteiger partial charge in [0, 0.05) is 9.50 Å². The van der Waals surface area contributed by atoms with E-state index in [2.05, 4.69) is 22.9 Å². The zero-order chi connectivity index (χ0) is 13.1. The minimum absolute atomic E-state index is 0.377. The van der Waals surface area contributed by atoms with Crippen molar-refractivity contribution in [2.45, 2.75) is 45.1 Å². The van der Waals surface area contributed by atoms with Crippen molar-refractivity contribution in [2.24, 2.45) is 11.8 Å². The summed E-state index contributed by atoms with van der Waals surface area (Å²) in [7, 11) is 0. The molecule has 1 N–H and O–H groups in total. The third-order valence-electron chi connectivity index (χ3n) is 4.19. The molecule has 1 aromatic rings. The molecule has 1 unspecified atom stereocenters. The highest BCUT2D eigenvalue weighted by Crippen LogP contribution is 2.40. The predicted octanol–water partition coefficient (Wildman–Crippen LogP) is 5.35. The maximum absolute atomic E-state index is 10.5. The second-order valence-corrected chi connectivity index (χ2v) is 6.59. The van der Waals surface area contributed by atoms with Crippen molar-refractivity contribution in [3.63, 3.8) is 0 Å². The summed E-state index contributed by atoms with van der Waals surface area (Å²) in [6.45, 7) is 2.26. The van der Waals surface area contributed by atoms with Crippen molar-refractivity contribution in [1.82, 2.24) is 0 Å². The molecular formula is C15H20BrClO. The molecule has 0 aliphatic heterocycles. The Labute approximate surface area is 123 Å². The Balaban J connectivity index is 2.07. The first kappa shape index (κ1) is 14.4. The molecule has 1 aliphatic rings. The Hall–Kier alpha value is -0.0500. The predicted molar refractivity (Wildman–Crippen MR) is 79.9 cm³/mol. The smallest absolute Gasteiger partial charge is 0.0829 e. The molecule has 18 heavy (non-hydrogen) atoms. The molecule has 0 heterocycles. The van der Waals surface area contributed by atoms with Crippen molar-refractivity contribution in [3.8, 4) is 0 Å². The molecule has 1 fully saturated rings. The van der Waals surface area contributed by atoms with Gasteiger partial charge < -0.3 is 5.11 Å². The van der Waals surface area contributed by atoms with Gasteiger partial charge in [-0.25, -0.2) is 0 Å². The van der Waals surface area contributed by atoms with Crippen molar-refractivity contribution in [3.05, 3.63) is 33.3 Å². The Kier molecular flexibility index (Phi) is 5.11. The van der Waals surface area contributed by atoms with Crippen molar-refractivity contribution < 1.29 is 5.11 Å². The number of hydrogen-bond donors (Lipinski definition) is 1. The highest BCUT2D eigenvalue weighted by molar-refractivity contribution is 9.10. The van der Waals surface area contributed by atoms with Crippen LogP contribution in [0.15, 0.2) is 22.7 Å². The average molecular weight is 332 g/mol. The van der Waals surface area contributed by atoms with E-state index in [0.29, 0.717) is 10.9 Å². The van der Waals surface area contributed by atoms with Gasteiger partial charge in [0.05, 0.1) is 6.10 Å².